The summed E-state index contributed by atoms with van der Waals surface area (Å²) in [7, 11) is -3.83. The largest absolute Gasteiger partial charge is 0.417 e. The van der Waals surface area contributed by atoms with E-state index in [0.717, 1.165) is 22.5 Å². The van der Waals surface area contributed by atoms with E-state index in [1.807, 2.05) is 48.0 Å². The monoisotopic (exact) mass is 420 g/mol. The lowest BCUT2D eigenvalue weighted by Gasteiger charge is -2.08. The number of oxazole rings is 1. The normalized spacial score (nSPS) is 11.9. The summed E-state index contributed by atoms with van der Waals surface area (Å²) in [6, 6.07) is 15.2. The molecule has 8 nitrogen and oxygen atoms in total. The van der Waals surface area contributed by atoms with Crippen LogP contribution in [-0.4, -0.2) is 22.8 Å². The molecule has 0 aliphatic carbocycles. The predicted octanol–water partition coefficient (Wildman–Crippen LogP) is 3.55. The van der Waals surface area contributed by atoms with Crippen molar-refractivity contribution in [1.29, 1.82) is 0 Å². The number of aromatic nitrogens is 3. The highest BCUT2D eigenvalue weighted by atomic mass is 32.2. The van der Waals surface area contributed by atoms with Crippen LogP contribution in [0.15, 0.2) is 81.1 Å². The SMILES string of the molecule is Cc1ccn2cc(-c3ccc(NS(=O)(=O)c4ccc5oc(=O)[nH]c5c4)cc3)nc2c1. The molecule has 9 heteroatoms. The van der Waals surface area contributed by atoms with Crippen molar-refractivity contribution in [2.45, 2.75) is 11.8 Å². The van der Waals surface area contributed by atoms with Crippen molar-refractivity contribution in [3.63, 3.8) is 0 Å². The molecule has 0 aliphatic heterocycles. The Hall–Kier alpha value is -3.85. The van der Waals surface area contributed by atoms with Crippen LogP contribution in [0, 0.1) is 6.92 Å². The Kier molecular flexibility index (Phi) is 4.00. The fourth-order valence-corrected chi connectivity index (χ4v) is 4.33. The van der Waals surface area contributed by atoms with E-state index in [4.69, 9.17) is 4.42 Å². The highest BCUT2D eigenvalue weighted by Crippen LogP contribution is 2.24. The summed E-state index contributed by atoms with van der Waals surface area (Å²) in [6.07, 6.45) is 3.88. The molecule has 2 aromatic carbocycles. The summed E-state index contributed by atoms with van der Waals surface area (Å²) in [6.45, 7) is 2.01. The molecule has 30 heavy (non-hydrogen) atoms. The number of aromatic amines is 1. The van der Waals surface area contributed by atoms with E-state index in [9.17, 15) is 13.2 Å². The average molecular weight is 420 g/mol. The molecule has 0 fully saturated rings. The van der Waals surface area contributed by atoms with Gasteiger partial charge in [-0.25, -0.2) is 18.2 Å². The van der Waals surface area contributed by atoms with Crippen LogP contribution in [-0.2, 0) is 10.0 Å². The average Bonchev–Trinajstić information content (AvgIpc) is 3.29. The van der Waals surface area contributed by atoms with E-state index in [1.54, 1.807) is 12.1 Å². The van der Waals surface area contributed by atoms with Gasteiger partial charge in [-0.05, 0) is 55.0 Å². The lowest BCUT2D eigenvalue weighted by Crippen LogP contribution is -2.12. The number of imidazole rings is 1. The van der Waals surface area contributed by atoms with Gasteiger partial charge in [0, 0.05) is 23.6 Å². The number of hydrogen-bond donors (Lipinski definition) is 2. The van der Waals surface area contributed by atoms with Crippen molar-refractivity contribution < 1.29 is 12.8 Å². The molecule has 5 aromatic rings. The Bertz CT molecular complexity index is 1560. The summed E-state index contributed by atoms with van der Waals surface area (Å²) >= 11 is 0. The number of hydrogen-bond acceptors (Lipinski definition) is 5. The maximum absolute atomic E-state index is 12.7. The molecule has 0 amide bonds. The number of rotatable bonds is 4. The Morgan fingerprint density at radius 1 is 1.07 bits per heavy atom. The zero-order valence-electron chi connectivity index (χ0n) is 15.8. The fraction of sp³-hybridized carbons (Fsp3) is 0.0476. The van der Waals surface area contributed by atoms with Crippen molar-refractivity contribution in [2.75, 3.05) is 4.72 Å². The summed E-state index contributed by atoms with van der Waals surface area (Å²) in [5, 5.41) is 0. The molecule has 0 spiro atoms. The van der Waals surface area contributed by atoms with Gasteiger partial charge in [-0.1, -0.05) is 12.1 Å². The van der Waals surface area contributed by atoms with Gasteiger partial charge in [-0.2, -0.15) is 0 Å². The fourth-order valence-electron chi connectivity index (χ4n) is 3.24. The Morgan fingerprint density at radius 2 is 1.87 bits per heavy atom. The molecule has 0 unspecified atom stereocenters. The summed E-state index contributed by atoms with van der Waals surface area (Å²) < 4.78 is 34.8. The van der Waals surface area contributed by atoms with Gasteiger partial charge in [-0.15, -0.1) is 0 Å². The van der Waals surface area contributed by atoms with Gasteiger partial charge in [-0.3, -0.25) is 9.71 Å². The van der Waals surface area contributed by atoms with Crippen LogP contribution >= 0.6 is 0 Å². The molecule has 0 saturated carbocycles. The third-order valence-electron chi connectivity index (χ3n) is 4.75. The van der Waals surface area contributed by atoms with E-state index in [1.165, 1.54) is 18.2 Å². The summed E-state index contributed by atoms with van der Waals surface area (Å²) in [4.78, 5) is 18.4. The van der Waals surface area contributed by atoms with Crippen molar-refractivity contribution in [1.82, 2.24) is 14.4 Å². The second-order valence-electron chi connectivity index (χ2n) is 6.95. The third-order valence-corrected chi connectivity index (χ3v) is 6.13. The number of anilines is 1. The number of nitrogens with zero attached hydrogens (tertiary/aromatic N) is 2. The van der Waals surface area contributed by atoms with Crippen LogP contribution in [0.1, 0.15) is 5.56 Å². The zero-order chi connectivity index (χ0) is 20.9. The van der Waals surface area contributed by atoms with Gasteiger partial charge < -0.3 is 8.82 Å². The quantitative estimate of drug-likeness (QED) is 0.462. The van der Waals surface area contributed by atoms with Gasteiger partial charge in [0.05, 0.1) is 16.1 Å². The number of sulfonamides is 1. The molecular weight excluding hydrogens is 404 g/mol. The van der Waals surface area contributed by atoms with Gasteiger partial charge >= 0.3 is 5.76 Å². The second kappa shape index (κ2) is 6.60. The molecule has 0 saturated heterocycles. The van der Waals surface area contributed by atoms with Crippen LogP contribution in [0.5, 0.6) is 0 Å². The Morgan fingerprint density at radius 3 is 2.67 bits per heavy atom. The van der Waals surface area contributed by atoms with E-state index in [0.29, 0.717) is 16.8 Å². The van der Waals surface area contributed by atoms with Gasteiger partial charge in [0.15, 0.2) is 5.58 Å². The lowest BCUT2D eigenvalue weighted by molar-refractivity contribution is 0.555. The molecule has 0 radical (unpaired) electrons. The van der Waals surface area contributed by atoms with Crippen molar-refractivity contribution in [3.8, 4) is 11.3 Å². The first-order valence-electron chi connectivity index (χ1n) is 9.09. The minimum atomic E-state index is -3.83. The van der Waals surface area contributed by atoms with E-state index in [-0.39, 0.29) is 4.90 Å². The number of pyridine rings is 1. The molecule has 0 atom stereocenters. The smallest absolute Gasteiger partial charge is 0.408 e. The van der Waals surface area contributed by atoms with Gasteiger partial charge in [0.25, 0.3) is 10.0 Å². The topological polar surface area (TPSA) is 109 Å². The number of H-pyrrole nitrogens is 1. The molecule has 3 heterocycles. The van der Waals surface area contributed by atoms with Crippen molar-refractivity contribution in [3.05, 3.63) is 83.1 Å². The number of fused-ring (bicyclic) bond motifs is 2. The highest BCUT2D eigenvalue weighted by Gasteiger charge is 2.16. The molecule has 3 aromatic heterocycles. The molecule has 0 bridgehead atoms. The van der Waals surface area contributed by atoms with E-state index in [2.05, 4.69) is 14.7 Å². The number of nitrogens with one attached hydrogen (secondary N) is 2. The summed E-state index contributed by atoms with van der Waals surface area (Å²) in [5.41, 5.74) is 4.68. The van der Waals surface area contributed by atoms with Crippen LogP contribution in [0.25, 0.3) is 28.0 Å². The van der Waals surface area contributed by atoms with E-state index < -0.39 is 15.8 Å². The van der Waals surface area contributed by atoms with Crippen molar-refractivity contribution in [2.24, 2.45) is 0 Å². The minimum Gasteiger partial charge on any atom is -0.408 e. The maximum Gasteiger partial charge on any atom is 0.417 e. The maximum atomic E-state index is 12.7. The standard InChI is InChI=1S/C21H16N4O4S/c1-13-8-9-25-12-18(22-20(25)10-13)14-2-4-15(5-3-14)24-30(27,28)16-6-7-19-17(11-16)23-21(26)29-19/h2-12,24H,1H3,(H,23,26). The minimum absolute atomic E-state index is 0.0202. The summed E-state index contributed by atoms with van der Waals surface area (Å²) in [5.74, 6) is -0.634. The van der Waals surface area contributed by atoms with Crippen LogP contribution in [0.4, 0.5) is 5.69 Å². The zero-order valence-corrected chi connectivity index (χ0v) is 16.6. The molecule has 5 rings (SSSR count). The van der Waals surface area contributed by atoms with E-state index >= 15 is 0 Å². The Labute approximate surface area is 170 Å². The number of benzene rings is 2. The molecular formula is C21H16N4O4S. The first kappa shape index (κ1) is 18.2. The lowest BCUT2D eigenvalue weighted by atomic mass is 10.1. The highest BCUT2D eigenvalue weighted by molar-refractivity contribution is 7.92. The van der Waals surface area contributed by atoms with Gasteiger partial charge in [0.2, 0.25) is 0 Å². The predicted molar refractivity (Wildman–Crippen MR) is 113 cm³/mol. The van der Waals surface area contributed by atoms with Crippen LogP contribution < -0.4 is 10.5 Å². The van der Waals surface area contributed by atoms with Gasteiger partial charge in [0.1, 0.15) is 5.65 Å². The third kappa shape index (κ3) is 3.25. The first-order chi connectivity index (χ1) is 14.4. The molecule has 150 valence electrons. The van der Waals surface area contributed by atoms with Crippen molar-refractivity contribution >= 4 is 32.5 Å². The second-order valence-corrected chi connectivity index (χ2v) is 8.63. The van der Waals surface area contributed by atoms with Crippen LogP contribution in [0.2, 0.25) is 0 Å². The first-order valence-corrected chi connectivity index (χ1v) is 10.6. The number of aryl methyl sites for hydroxylation is 1. The molecule has 2 N–H and O–H groups in total. The molecule has 0 aliphatic rings. The van der Waals surface area contributed by atoms with Crippen LogP contribution in [0.3, 0.4) is 0 Å². The Balaban J connectivity index is 1.42.